The zero-order valence-corrected chi connectivity index (χ0v) is 10.8. The van der Waals surface area contributed by atoms with Crippen molar-refractivity contribution in [3.63, 3.8) is 0 Å². The second kappa shape index (κ2) is 4.24. The standard InChI is InChI=1S/C19H16/c1-2-8-14(7-1)13-19-17-11-5-3-9-15(17)16-10-4-6-12-18(16)19/h1-7,9-12,19H,8,13H2. The summed E-state index contributed by atoms with van der Waals surface area (Å²) in [4.78, 5) is 0. The third-order valence-corrected chi connectivity index (χ3v) is 4.28. The fraction of sp³-hybridized carbons (Fsp3) is 0.158. The van der Waals surface area contributed by atoms with E-state index >= 15 is 0 Å². The first-order chi connectivity index (χ1) is 9.43. The Hall–Kier alpha value is -2.08. The SMILES string of the molecule is C1=CCC(CC2c3ccccc3-c3ccccc32)=C1. The maximum atomic E-state index is 2.29. The predicted molar refractivity (Wildman–Crippen MR) is 80.2 cm³/mol. The Balaban J connectivity index is 1.82. The molecule has 2 aromatic rings. The van der Waals surface area contributed by atoms with Crippen LogP contribution >= 0.6 is 0 Å². The molecule has 2 aliphatic rings. The second-order valence-electron chi connectivity index (χ2n) is 5.39. The summed E-state index contributed by atoms with van der Waals surface area (Å²) in [6.45, 7) is 0. The lowest BCUT2D eigenvalue weighted by Crippen LogP contribution is -1.98. The third kappa shape index (κ3) is 1.67. The number of rotatable bonds is 2. The second-order valence-corrected chi connectivity index (χ2v) is 5.39. The molecule has 0 saturated carbocycles. The molecule has 0 fully saturated rings. The summed E-state index contributed by atoms with van der Waals surface area (Å²) < 4.78 is 0. The Labute approximate surface area is 114 Å². The highest BCUT2D eigenvalue weighted by Crippen LogP contribution is 2.47. The Bertz CT molecular complexity index is 643. The molecule has 0 nitrogen and oxygen atoms in total. The van der Waals surface area contributed by atoms with Crippen LogP contribution in [-0.4, -0.2) is 0 Å². The van der Waals surface area contributed by atoms with Crippen LogP contribution in [0.25, 0.3) is 11.1 Å². The van der Waals surface area contributed by atoms with Crippen LogP contribution in [0.1, 0.15) is 29.9 Å². The van der Waals surface area contributed by atoms with E-state index in [0.29, 0.717) is 5.92 Å². The van der Waals surface area contributed by atoms with E-state index in [9.17, 15) is 0 Å². The lowest BCUT2D eigenvalue weighted by Gasteiger charge is -2.14. The minimum Gasteiger partial charge on any atom is -0.0805 e. The number of allylic oxidation sites excluding steroid dienone is 4. The summed E-state index contributed by atoms with van der Waals surface area (Å²) in [6.07, 6.45) is 9.00. The van der Waals surface area contributed by atoms with Gasteiger partial charge in [0.05, 0.1) is 0 Å². The first-order valence-corrected chi connectivity index (χ1v) is 6.96. The zero-order valence-electron chi connectivity index (χ0n) is 10.8. The Morgan fingerprint density at radius 3 is 2.05 bits per heavy atom. The molecular weight excluding hydrogens is 228 g/mol. The molecule has 92 valence electrons. The van der Waals surface area contributed by atoms with Crippen molar-refractivity contribution in [3.8, 4) is 11.1 Å². The van der Waals surface area contributed by atoms with Crippen molar-refractivity contribution in [1.29, 1.82) is 0 Å². The molecule has 0 N–H and O–H groups in total. The fourth-order valence-electron chi connectivity index (χ4n) is 3.38. The van der Waals surface area contributed by atoms with E-state index in [-0.39, 0.29) is 0 Å². The molecule has 2 aromatic carbocycles. The van der Waals surface area contributed by atoms with Gasteiger partial charge in [-0.15, -0.1) is 0 Å². The largest absolute Gasteiger partial charge is 0.0805 e. The molecule has 0 spiro atoms. The molecule has 0 bridgehead atoms. The van der Waals surface area contributed by atoms with Crippen molar-refractivity contribution < 1.29 is 0 Å². The predicted octanol–water partition coefficient (Wildman–Crippen LogP) is 5.08. The molecular formula is C19H16. The average molecular weight is 244 g/mol. The van der Waals surface area contributed by atoms with Gasteiger partial charge in [0.2, 0.25) is 0 Å². The van der Waals surface area contributed by atoms with Gasteiger partial charge in [-0.25, -0.2) is 0 Å². The third-order valence-electron chi connectivity index (χ3n) is 4.28. The summed E-state index contributed by atoms with van der Waals surface area (Å²) >= 11 is 0. The van der Waals surface area contributed by atoms with Crippen molar-refractivity contribution in [2.75, 3.05) is 0 Å². The fourth-order valence-corrected chi connectivity index (χ4v) is 3.38. The summed E-state index contributed by atoms with van der Waals surface area (Å²) in [6, 6.07) is 17.7. The topological polar surface area (TPSA) is 0 Å². The molecule has 0 heterocycles. The highest BCUT2D eigenvalue weighted by molar-refractivity contribution is 5.78. The van der Waals surface area contributed by atoms with E-state index in [1.807, 2.05) is 0 Å². The van der Waals surface area contributed by atoms with Crippen LogP contribution in [0.15, 0.2) is 72.3 Å². The van der Waals surface area contributed by atoms with Crippen LogP contribution in [0.2, 0.25) is 0 Å². The van der Waals surface area contributed by atoms with Crippen LogP contribution in [0.5, 0.6) is 0 Å². The van der Waals surface area contributed by atoms with Gasteiger partial charge in [0.1, 0.15) is 0 Å². The maximum absolute atomic E-state index is 2.29. The number of benzene rings is 2. The van der Waals surface area contributed by atoms with E-state index in [2.05, 4.69) is 66.8 Å². The lowest BCUT2D eigenvalue weighted by molar-refractivity contribution is 0.805. The van der Waals surface area contributed by atoms with Crippen LogP contribution in [0.3, 0.4) is 0 Å². The summed E-state index contributed by atoms with van der Waals surface area (Å²) in [5.74, 6) is 0.540. The van der Waals surface area contributed by atoms with Crippen LogP contribution in [0.4, 0.5) is 0 Å². The molecule has 0 aliphatic heterocycles. The number of fused-ring (bicyclic) bond motifs is 3. The number of hydrogen-bond donors (Lipinski definition) is 0. The molecule has 0 amide bonds. The van der Waals surface area contributed by atoms with Crippen molar-refractivity contribution >= 4 is 0 Å². The monoisotopic (exact) mass is 244 g/mol. The Morgan fingerprint density at radius 1 is 0.842 bits per heavy atom. The summed E-state index contributed by atoms with van der Waals surface area (Å²) in [5.41, 5.74) is 7.40. The smallest absolute Gasteiger partial charge is 0.0139 e. The lowest BCUT2D eigenvalue weighted by atomic mass is 9.90. The molecule has 0 radical (unpaired) electrons. The molecule has 2 aliphatic carbocycles. The highest BCUT2D eigenvalue weighted by atomic mass is 14.3. The van der Waals surface area contributed by atoms with Gasteiger partial charge in [-0.3, -0.25) is 0 Å². The molecule has 0 unspecified atom stereocenters. The van der Waals surface area contributed by atoms with Crippen LogP contribution in [0, 0.1) is 0 Å². The molecule has 19 heavy (non-hydrogen) atoms. The normalized spacial score (nSPS) is 16.3. The first kappa shape index (κ1) is 10.8. The zero-order chi connectivity index (χ0) is 12.7. The summed E-state index contributed by atoms with van der Waals surface area (Å²) in [7, 11) is 0. The van der Waals surface area contributed by atoms with E-state index < -0.39 is 0 Å². The van der Waals surface area contributed by atoms with Crippen LogP contribution in [-0.2, 0) is 0 Å². The van der Waals surface area contributed by atoms with Gasteiger partial charge >= 0.3 is 0 Å². The van der Waals surface area contributed by atoms with Gasteiger partial charge in [-0.05, 0) is 35.1 Å². The Kier molecular flexibility index (Phi) is 2.41. The summed E-state index contributed by atoms with van der Waals surface area (Å²) in [5, 5.41) is 0. The van der Waals surface area contributed by atoms with Crippen molar-refractivity contribution in [2.24, 2.45) is 0 Å². The van der Waals surface area contributed by atoms with E-state index in [1.54, 1.807) is 5.57 Å². The number of hydrogen-bond acceptors (Lipinski definition) is 0. The van der Waals surface area contributed by atoms with Gasteiger partial charge in [0.25, 0.3) is 0 Å². The van der Waals surface area contributed by atoms with Crippen molar-refractivity contribution in [2.45, 2.75) is 18.8 Å². The maximum Gasteiger partial charge on any atom is 0.0139 e. The molecule has 0 aromatic heterocycles. The minimum absolute atomic E-state index is 0.540. The van der Waals surface area contributed by atoms with Gasteiger partial charge in [0.15, 0.2) is 0 Å². The Morgan fingerprint density at radius 2 is 1.47 bits per heavy atom. The van der Waals surface area contributed by atoms with E-state index in [0.717, 1.165) is 12.8 Å². The van der Waals surface area contributed by atoms with Gasteiger partial charge in [-0.2, -0.15) is 0 Å². The molecule has 4 rings (SSSR count). The van der Waals surface area contributed by atoms with Gasteiger partial charge in [0, 0.05) is 5.92 Å². The van der Waals surface area contributed by atoms with E-state index in [4.69, 9.17) is 0 Å². The van der Waals surface area contributed by atoms with E-state index in [1.165, 1.54) is 22.3 Å². The average Bonchev–Trinajstić information content (AvgIpc) is 3.08. The quantitative estimate of drug-likeness (QED) is 0.691. The van der Waals surface area contributed by atoms with Gasteiger partial charge < -0.3 is 0 Å². The molecule has 0 saturated heterocycles. The molecule has 0 heteroatoms. The molecule has 0 atom stereocenters. The van der Waals surface area contributed by atoms with Crippen LogP contribution < -0.4 is 0 Å². The first-order valence-electron chi connectivity index (χ1n) is 6.96. The van der Waals surface area contributed by atoms with Crippen molar-refractivity contribution in [1.82, 2.24) is 0 Å². The van der Waals surface area contributed by atoms with Crippen molar-refractivity contribution in [3.05, 3.63) is 83.5 Å². The van der Waals surface area contributed by atoms with Gasteiger partial charge in [-0.1, -0.05) is 72.3 Å². The minimum atomic E-state index is 0.540. The highest BCUT2D eigenvalue weighted by Gasteiger charge is 2.28.